The summed E-state index contributed by atoms with van der Waals surface area (Å²) < 4.78 is 0. The Morgan fingerprint density at radius 1 is 0.333 bits per heavy atom. The van der Waals surface area contributed by atoms with Crippen LogP contribution >= 0.6 is 0 Å². The highest BCUT2D eigenvalue weighted by Gasteiger charge is 2.21. The molecule has 57 heavy (non-hydrogen) atoms. The second-order valence-corrected chi connectivity index (χ2v) is 17.6. The molecule has 2 atom stereocenters. The van der Waals surface area contributed by atoms with E-state index in [0.717, 1.165) is 11.4 Å². The Morgan fingerprint density at radius 3 is 0.895 bits per heavy atom. The maximum atomic E-state index is 6.24. The average molecular weight is 771 g/mol. The molecular formula is C55H82N2. The van der Waals surface area contributed by atoms with Crippen LogP contribution in [0.1, 0.15) is 231 Å². The summed E-state index contributed by atoms with van der Waals surface area (Å²) in [7, 11) is 0. The molecule has 0 saturated heterocycles. The topological polar surface area (TPSA) is 52.0 Å². The van der Waals surface area contributed by atoms with Gasteiger partial charge in [0.25, 0.3) is 0 Å². The zero-order valence-electron chi connectivity index (χ0n) is 37.2. The van der Waals surface area contributed by atoms with E-state index in [-0.39, 0.29) is 0 Å². The lowest BCUT2D eigenvalue weighted by molar-refractivity contribution is 0.557. The van der Waals surface area contributed by atoms with Crippen molar-refractivity contribution in [3.8, 4) is 0 Å². The second kappa shape index (κ2) is 26.5. The summed E-state index contributed by atoms with van der Waals surface area (Å²) in [5, 5.41) is 0. The van der Waals surface area contributed by atoms with Gasteiger partial charge in [0.05, 0.1) is 0 Å². The van der Waals surface area contributed by atoms with Gasteiger partial charge in [-0.2, -0.15) is 0 Å². The summed E-state index contributed by atoms with van der Waals surface area (Å²) >= 11 is 0. The first-order valence-electron chi connectivity index (χ1n) is 23.8. The number of hydrogen-bond donors (Lipinski definition) is 2. The Morgan fingerprint density at radius 2 is 0.596 bits per heavy atom. The van der Waals surface area contributed by atoms with Crippen LogP contribution in [0.5, 0.6) is 0 Å². The van der Waals surface area contributed by atoms with Gasteiger partial charge in [0.2, 0.25) is 0 Å². The van der Waals surface area contributed by atoms with Crippen LogP contribution in [0.4, 0.5) is 11.4 Å². The van der Waals surface area contributed by atoms with Gasteiger partial charge in [-0.05, 0) is 102 Å². The van der Waals surface area contributed by atoms with Crippen molar-refractivity contribution in [2.45, 2.75) is 200 Å². The van der Waals surface area contributed by atoms with Crippen molar-refractivity contribution in [3.05, 3.63) is 129 Å². The third-order valence-corrected chi connectivity index (χ3v) is 12.9. The lowest BCUT2D eigenvalue weighted by Gasteiger charge is -2.24. The van der Waals surface area contributed by atoms with Crippen LogP contribution in [-0.2, 0) is 0 Å². The van der Waals surface area contributed by atoms with Crippen molar-refractivity contribution in [1.82, 2.24) is 0 Å². The van der Waals surface area contributed by atoms with E-state index in [1.807, 2.05) is 0 Å². The van der Waals surface area contributed by atoms with Gasteiger partial charge in [-0.1, -0.05) is 210 Å². The molecule has 0 saturated carbocycles. The summed E-state index contributed by atoms with van der Waals surface area (Å²) in [6.45, 7) is 11.4. The normalized spacial score (nSPS) is 13.1. The first-order chi connectivity index (χ1) is 27.9. The molecule has 312 valence electrons. The standard InChI is InChI=1S/C55H82N2/c1-6-9-12-15-18-21-24-27-54(51-39-37-49(56)41-43(51)4)47-33-29-45(30-34-47)53(26-23-20-17-14-11-8-3)46-31-35-48(36-32-46)55(28-25-22-19-16-13-10-7-2)52-40-38-50(57)42-44(52)5/h29-42,53-55H,6-28,56-57H2,1-5H3. The van der Waals surface area contributed by atoms with Crippen LogP contribution in [0.2, 0.25) is 0 Å². The molecule has 0 radical (unpaired) electrons. The van der Waals surface area contributed by atoms with Crippen molar-refractivity contribution in [1.29, 1.82) is 0 Å². The van der Waals surface area contributed by atoms with Gasteiger partial charge < -0.3 is 11.5 Å². The average Bonchev–Trinajstić information content (AvgIpc) is 3.21. The SMILES string of the molecule is CCCCCCCCCC(c1ccc(C(CCCCCCCC)c2ccc(C(CCCCCCCCC)c3ccc(N)cc3C)cc2)cc1)c1ccc(N)cc1C. The summed E-state index contributed by atoms with van der Waals surface area (Å²) in [6, 6.07) is 32.8. The molecule has 0 aliphatic heterocycles. The first kappa shape index (κ1) is 46.2. The minimum Gasteiger partial charge on any atom is -0.399 e. The van der Waals surface area contributed by atoms with Gasteiger partial charge in [-0.15, -0.1) is 0 Å². The van der Waals surface area contributed by atoms with Crippen molar-refractivity contribution >= 4 is 11.4 Å². The molecule has 4 rings (SSSR count). The molecule has 0 aliphatic rings. The number of anilines is 2. The quantitative estimate of drug-likeness (QED) is 0.0427. The number of aryl methyl sites for hydroxylation is 2. The predicted octanol–water partition coefficient (Wildman–Crippen LogP) is 16.9. The van der Waals surface area contributed by atoms with Crippen molar-refractivity contribution < 1.29 is 0 Å². The van der Waals surface area contributed by atoms with Crippen molar-refractivity contribution in [2.24, 2.45) is 0 Å². The maximum absolute atomic E-state index is 6.24. The van der Waals surface area contributed by atoms with Crippen LogP contribution in [0.3, 0.4) is 0 Å². The first-order valence-corrected chi connectivity index (χ1v) is 23.8. The molecule has 4 aromatic rings. The molecule has 0 aliphatic carbocycles. The number of benzene rings is 4. The molecule has 0 aromatic heterocycles. The monoisotopic (exact) mass is 771 g/mol. The van der Waals surface area contributed by atoms with Gasteiger partial charge in [0.1, 0.15) is 0 Å². The fourth-order valence-electron chi connectivity index (χ4n) is 9.37. The Labute approximate surface area is 351 Å². The number of hydrogen-bond acceptors (Lipinski definition) is 2. The van der Waals surface area contributed by atoms with Crippen LogP contribution in [0.15, 0.2) is 84.9 Å². The molecule has 2 unspecified atom stereocenters. The van der Waals surface area contributed by atoms with E-state index in [4.69, 9.17) is 11.5 Å². The number of rotatable bonds is 29. The van der Waals surface area contributed by atoms with Gasteiger partial charge in [-0.25, -0.2) is 0 Å². The molecular weight excluding hydrogens is 689 g/mol. The van der Waals surface area contributed by atoms with Crippen LogP contribution in [0.25, 0.3) is 0 Å². The van der Waals surface area contributed by atoms with Gasteiger partial charge in [0.15, 0.2) is 0 Å². The van der Waals surface area contributed by atoms with Crippen LogP contribution < -0.4 is 11.5 Å². The molecule has 4 aromatic carbocycles. The van der Waals surface area contributed by atoms with Crippen molar-refractivity contribution in [3.63, 3.8) is 0 Å². The number of unbranched alkanes of at least 4 members (excludes halogenated alkanes) is 17. The molecule has 0 spiro atoms. The molecule has 2 nitrogen and oxygen atoms in total. The van der Waals surface area contributed by atoms with E-state index in [9.17, 15) is 0 Å². The highest BCUT2D eigenvalue weighted by atomic mass is 14.5. The zero-order valence-corrected chi connectivity index (χ0v) is 37.2. The minimum atomic E-state index is 0.400. The van der Waals surface area contributed by atoms with E-state index < -0.39 is 0 Å². The zero-order chi connectivity index (χ0) is 40.7. The smallest absolute Gasteiger partial charge is 0.0316 e. The Hall–Kier alpha value is -3.52. The number of nitrogens with two attached hydrogens (primary N) is 2. The Bertz CT molecular complexity index is 1530. The summed E-state index contributed by atoms with van der Waals surface area (Å²) in [6.07, 6.45) is 30.3. The van der Waals surface area contributed by atoms with E-state index in [2.05, 4.69) is 120 Å². The molecule has 0 heterocycles. The second-order valence-electron chi connectivity index (χ2n) is 17.6. The van der Waals surface area contributed by atoms with E-state index in [0.29, 0.717) is 17.8 Å². The van der Waals surface area contributed by atoms with Gasteiger partial charge in [-0.3, -0.25) is 0 Å². The largest absolute Gasteiger partial charge is 0.399 e. The van der Waals surface area contributed by atoms with E-state index in [1.165, 1.54) is 192 Å². The summed E-state index contributed by atoms with van der Waals surface area (Å²) in [4.78, 5) is 0. The minimum absolute atomic E-state index is 0.400. The molecule has 0 bridgehead atoms. The van der Waals surface area contributed by atoms with E-state index in [1.54, 1.807) is 0 Å². The third-order valence-electron chi connectivity index (χ3n) is 12.9. The molecule has 2 heteroatoms. The Kier molecular flexibility index (Phi) is 21.4. The molecule has 0 amide bonds. The predicted molar refractivity (Wildman–Crippen MR) is 253 cm³/mol. The highest BCUT2D eigenvalue weighted by molar-refractivity contribution is 5.50. The van der Waals surface area contributed by atoms with E-state index >= 15 is 0 Å². The molecule has 0 fully saturated rings. The fraction of sp³-hybridized carbons (Fsp3) is 0.564. The lowest BCUT2D eigenvalue weighted by atomic mass is 9.80. The molecule has 4 N–H and O–H groups in total. The van der Waals surface area contributed by atoms with Gasteiger partial charge >= 0.3 is 0 Å². The van der Waals surface area contributed by atoms with Gasteiger partial charge in [0, 0.05) is 29.1 Å². The lowest BCUT2D eigenvalue weighted by Crippen LogP contribution is -2.07. The summed E-state index contributed by atoms with van der Waals surface area (Å²) in [5.41, 5.74) is 25.5. The summed E-state index contributed by atoms with van der Waals surface area (Å²) in [5.74, 6) is 1.20. The fourth-order valence-corrected chi connectivity index (χ4v) is 9.37. The highest BCUT2D eigenvalue weighted by Crippen LogP contribution is 2.38. The Balaban J connectivity index is 1.57. The van der Waals surface area contributed by atoms with Crippen LogP contribution in [-0.4, -0.2) is 0 Å². The van der Waals surface area contributed by atoms with Crippen molar-refractivity contribution in [2.75, 3.05) is 11.5 Å². The third kappa shape index (κ3) is 15.6. The number of nitrogen functional groups attached to an aromatic ring is 2. The van der Waals surface area contributed by atoms with Crippen LogP contribution in [0, 0.1) is 13.8 Å². The maximum Gasteiger partial charge on any atom is 0.0316 e.